The lowest BCUT2D eigenvalue weighted by molar-refractivity contribution is -0.0493. The number of aryl methyl sites for hydroxylation is 1. The molecule has 0 bridgehead atoms. The molecule has 6 heteroatoms. The van der Waals surface area contributed by atoms with Gasteiger partial charge in [0, 0.05) is 18.8 Å². The van der Waals surface area contributed by atoms with E-state index in [1.165, 1.54) is 6.07 Å². The van der Waals surface area contributed by atoms with Crippen molar-refractivity contribution in [3.63, 3.8) is 0 Å². The standard InChI is InChI=1S/C13H15F2N3O/c1-9(10-7-16-18(2)8-10)17-11-5-3-4-6-12(11)19-13(14)15/h3-9,13,17H,1-2H3. The summed E-state index contributed by atoms with van der Waals surface area (Å²) in [5, 5.41) is 7.21. The average molecular weight is 267 g/mol. The van der Waals surface area contributed by atoms with Crippen LogP contribution in [0.5, 0.6) is 5.75 Å². The van der Waals surface area contributed by atoms with Gasteiger partial charge in [-0.3, -0.25) is 4.68 Å². The number of hydrogen-bond acceptors (Lipinski definition) is 3. The Morgan fingerprint density at radius 3 is 2.68 bits per heavy atom. The van der Waals surface area contributed by atoms with Gasteiger partial charge in [0.25, 0.3) is 0 Å². The number of aromatic nitrogens is 2. The number of halogens is 2. The van der Waals surface area contributed by atoms with Crippen molar-refractivity contribution in [1.29, 1.82) is 0 Å². The van der Waals surface area contributed by atoms with Crippen molar-refractivity contribution < 1.29 is 13.5 Å². The molecule has 19 heavy (non-hydrogen) atoms. The second-order valence-electron chi connectivity index (χ2n) is 4.19. The van der Waals surface area contributed by atoms with E-state index in [9.17, 15) is 8.78 Å². The molecule has 2 rings (SSSR count). The Kier molecular flexibility index (Phi) is 3.99. The van der Waals surface area contributed by atoms with Crippen LogP contribution in [0, 0.1) is 0 Å². The molecule has 0 radical (unpaired) electrons. The van der Waals surface area contributed by atoms with Crippen LogP contribution in [0.2, 0.25) is 0 Å². The number of para-hydroxylation sites is 2. The van der Waals surface area contributed by atoms with Gasteiger partial charge in [-0.2, -0.15) is 13.9 Å². The van der Waals surface area contributed by atoms with Crippen molar-refractivity contribution in [1.82, 2.24) is 9.78 Å². The Labute approximate surface area is 110 Å². The zero-order chi connectivity index (χ0) is 13.8. The van der Waals surface area contributed by atoms with Gasteiger partial charge >= 0.3 is 6.61 Å². The Bertz CT molecular complexity index is 542. The third-order valence-electron chi connectivity index (χ3n) is 2.70. The van der Waals surface area contributed by atoms with Crippen LogP contribution in [0.15, 0.2) is 36.7 Å². The highest BCUT2D eigenvalue weighted by Crippen LogP contribution is 2.29. The molecule has 1 atom stereocenters. The molecule has 0 aliphatic rings. The number of nitrogens with zero attached hydrogens (tertiary/aromatic N) is 2. The molecule has 0 saturated heterocycles. The summed E-state index contributed by atoms with van der Waals surface area (Å²) in [4.78, 5) is 0. The second kappa shape index (κ2) is 5.69. The van der Waals surface area contributed by atoms with Crippen LogP contribution in [-0.2, 0) is 7.05 Å². The first-order valence-electron chi connectivity index (χ1n) is 5.85. The lowest BCUT2D eigenvalue weighted by atomic mass is 10.1. The van der Waals surface area contributed by atoms with Crippen LogP contribution in [-0.4, -0.2) is 16.4 Å². The lowest BCUT2D eigenvalue weighted by Gasteiger charge is -2.17. The van der Waals surface area contributed by atoms with E-state index in [2.05, 4.69) is 15.2 Å². The summed E-state index contributed by atoms with van der Waals surface area (Å²) in [5.74, 6) is 0.133. The Hall–Kier alpha value is -2.11. The molecule has 0 fully saturated rings. The number of alkyl halides is 2. The molecule has 1 unspecified atom stereocenters. The number of rotatable bonds is 5. The van der Waals surface area contributed by atoms with Crippen molar-refractivity contribution in [3.05, 3.63) is 42.2 Å². The molecular weight excluding hydrogens is 252 g/mol. The molecule has 2 aromatic rings. The first kappa shape index (κ1) is 13.3. The van der Waals surface area contributed by atoms with Gasteiger partial charge < -0.3 is 10.1 Å². The maximum absolute atomic E-state index is 12.3. The topological polar surface area (TPSA) is 39.1 Å². The Morgan fingerprint density at radius 1 is 1.32 bits per heavy atom. The van der Waals surface area contributed by atoms with Gasteiger partial charge in [0.1, 0.15) is 5.75 Å². The van der Waals surface area contributed by atoms with Gasteiger partial charge in [0.2, 0.25) is 0 Å². The zero-order valence-electron chi connectivity index (χ0n) is 10.7. The van der Waals surface area contributed by atoms with E-state index in [-0.39, 0.29) is 11.8 Å². The Morgan fingerprint density at radius 2 is 2.05 bits per heavy atom. The molecule has 0 amide bonds. The van der Waals surface area contributed by atoms with Crippen molar-refractivity contribution in [2.24, 2.45) is 7.05 Å². The highest BCUT2D eigenvalue weighted by molar-refractivity contribution is 5.57. The molecule has 1 heterocycles. The van der Waals surface area contributed by atoms with Crippen molar-refractivity contribution in [2.75, 3.05) is 5.32 Å². The molecule has 1 aromatic carbocycles. The number of nitrogens with one attached hydrogen (secondary N) is 1. The SMILES string of the molecule is CC(Nc1ccccc1OC(F)F)c1cnn(C)c1. The number of anilines is 1. The van der Waals surface area contributed by atoms with Gasteiger partial charge in [-0.1, -0.05) is 12.1 Å². The first-order valence-corrected chi connectivity index (χ1v) is 5.85. The van der Waals surface area contributed by atoms with E-state index in [0.29, 0.717) is 5.69 Å². The fourth-order valence-electron chi connectivity index (χ4n) is 1.76. The summed E-state index contributed by atoms with van der Waals surface area (Å²) >= 11 is 0. The normalized spacial score (nSPS) is 12.5. The first-order chi connectivity index (χ1) is 9.06. The zero-order valence-corrected chi connectivity index (χ0v) is 10.7. The minimum Gasteiger partial charge on any atom is -0.433 e. The summed E-state index contributed by atoms with van der Waals surface area (Å²) in [5.41, 5.74) is 1.49. The van der Waals surface area contributed by atoms with Crippen LogP contribution in [0.4, 0.5) is 14.5 Å². The predicted octanol–water partition coefficient (Wildman–Crippen LogP) is 3.19. The summed E-state index contributed by atoms with van der Waals surface area (Å²) in [6, 6.07) is 6.56. The maximum atomic E-state index is 12.3. The molecular formula is C13H15F2N3O. The fourth-order valence-corrected chi connectivity index (χ4v) is 1.76. The van der Waals surface area contributed by atoms with E-state index < -0.39 is 6.61 Å². The van der Waals surface area contributed by atoms with E-state index in [1.54, 1.807) is 29.1 Å². The second-order valence-corrected chi connectivity index (χ2v) is 4.19. The van der Waals surface area contributed by atoms with Crippen molar-refractivity contribution >= 4 is 5.69 Å². The summed E-state index contributed by atoms with van der Waals surface area (Å²) < 4.78 is 30.8. The third-order valence-corrected chi connectivity index (χ3v) is 2.70. The summed E-state index contributed by atoms with van der Waals surface area (Å²) in [7, 11) is 1.82. The van der Waals surface area contributed by atoms with Crippen LogP contribution < -0.4 is 10.1 Å². The van der Waals surface area contributed by atoms with Crippen LogP contribution in [0.25, 0.3) is 0 Å². The van der Waals surface area contributed by atoms with E-state index in [1.807, 2.05) is 20.2 Å². The Balaban J connectivity index is 2.14. The van der Waals surface area contributed by atoms with Crippen LogP contribution >= 0.6 is 0 Å². The lowest BCUT2D eigenvalue weighted by Crippen LogP contribution is -2.09. The molecule has 1 aromatic heterocycles. The highest BCUT2D eigenvalue weighted by atomic mass is 19.3. The summed E-state index contributed by atoms with van der Waals surface area (Å²) in [6.45, 7) is -0.910. The van der Waals surface area contributed by atoms with Gasteiger partial charge in [-0.05, 0) is 19.1 Å². The molecule has 1 N–H and O–H groups in total. The summed E-state index contributed by atoms with van der Waals surface area (Å²) in [6.07, 6.45) is 3.60. The molecule has 0 saturated carbocycles. The van der Waals surface area contributed by atoms with Gasteiger partial charge in [0.05, 0.1) is 17.9 Å². The van der Waals surface area contributed by atoms with Crippen molar-refractivity contribution in [3.8, 4) is 5.75 Å². The van der Waals surface area contributed by atoms with Crippen LogP contribution in [0.3, 0.4) is 0 Å². The predicted molar refractivity (Wildman–Crippen MR) is 68.3 cm³/mol. The van der Waals surface area contributed by atoms with Gasteiger partial charge in [0.15, 0.2) is 0 Å². The van der Waals surface area contributed by atoms with Gasteiger partial charge in [-0.25, -0.2) is 0 Å². The third kappa shape index (κ3) is 3.43. The van der Waals surface area contributed by atoms with Gasteiger partial charge in [-0.15, -0.1) is 0 Å². The minimum absolute atomic E-state index is 0.0591. The van der Waals surface area contributed by atoms with E-state index >= 15 is 0 Å². The highest BCUT2D eigenvalue weighted by Gasteiger charge is 2.12. The molecule has 0 aliphatic heterocycles. The fraction of sp³-hybridized carbons (Fsp3) is 0.308. The number of hydrogen-bond donors (Lipinski definition) is 1. The molecule has 0 aliphatic carbocycles. The smallest absolute Gasteiger partial charge is 0.387 e. The monoisotopic (exact) mass is 267 g/mol. The quantitative estimate of drug-likeness (QED) is 0.904. The maximum Gasteiger partial charge on any atom is 0.387 e. The van der Waals surface area contributed by atoms with E-state index in [4.69, 9.17) is 0 Å². The largest absolute Gasteiger partial charge is 0.433 e. The minimum atomic E-state index is -2.84. The average Bonchev–Trinajstić information content (AvgIpc) is 2.78. The molecule has 0 spiro atoms. The van der Waals surface area contributed by atoms with Crippen molar-refractivity contribution in [2.45, 2.75) is 19.6 Å². The molecule has 4 nitrogen and oxygen atoms in total. The van der Waals surface area contributed by atoms with E-state index in [0.717, 1.165) is 5.56 Å². The number of benzene rings is 1. The van der Waals surface area contributed by atoms with Crippen LogP contribution in [0.1, 0.15) is 18.5 Å². The molecule has 102 valence electrons. The number of ether oxygens (including phenoxy) is 1.